The summed E-state index contributed by atoms with van der Waals surface area (Å²) in [7, 11) is 3.13. The molecule has 1 aromatic heterocycles. The van der Waals surface area contributed by atoms with Crippen molar-refractivity contribution in [2.45, 2.75) is 31.1 Å². The van der Waals surface area contributed by atoms with Crippen LogP contribution in [-0.2, 0) is 17.4 Å². The van der Waals surface area contributed by atoms with E-state index in [1.807, 2.05) is 30.3 Å². The molecule has 2 atom stereocenters. The zero-order valence-electron chi connectivity index (χ0n) is 18.4. The molecule has 0 fully saturated rings. The third-order valence-electron chi connectivity index (χ3n) is 5.36. The van der Waals surface area contributed by atoms with Gasteiger partial charge in [0.1, 0.15) is 11.8 Å². The second kappa shape index (κ2) is 11.0. The molecular formula is C25H26F3N3O2. The van der Waals surface area contributed by atoms with E-state index in [2.05, 4.69) is 15.6 Å². The molecule has 5 nitrogen and oxygen atoms in total. The molecule has 0 spiro atoms. The molecule has 1 heterocycles. The van der Waals surface area contributed by atoms with Crippen LogP contribution in [0.2, 0.25) is 0 Å². The van der Waals surface area contributed by atoms with E-state index < -0.39 is 17.8 Å². The molecule has 1 amide bonds. The SMILES string of the molecule is CNC(=O)[C@@H](N[C@H](CCc1ccc(C(F)(F)F)cc1)c1cc(OC)ccn1)c1ccccc1. The molecule has 0 bridgehead atoms. The summed E-state index contributed by atoms with van der Waals surface area (Å²) in [6.45, 7) is 0. The molecule has 0 aliphatic carbocycles. The van der Waals surface area contributed by atoms with Gasteiger partial charge >= 0.3 is 6.18 Å². The van der Waals surface area contributed by atoms with Crippen LogP contribution in [0, 0.1) is 0 Å². The molecule has 8 heteroatoms. The molecule has 3 rings (SSSR count). The minimum atomic E-state index is -4.37. The maximum absolute atomic E-state index is 12.9. The zero-order valence-corrected chi connectivity index (χ0v) is 18.4. The van der Waals surface area contributed by atoms with Gasteiger partial charge in [0.15, 0.2) is 0 Å². The van der Waals surface area contributed by atoms with Gasteiger partial charge < -0.3 is 10.1 Å². The summed E-state index contributed by atoms with van der Waals surface area (Å²) in [5, 5.41) is 6.07. The summed E-state index contributed by atoms with van der Waals surface area (Å²) in [6.07, 6.45) is -1.75. The molecule has 33 heavy (non-hydrogen) atoms. The van der Waals surface area contributed by atoms with Crippen LogP contribution in [-0.4, -0.2) is 25.0 Å². The summed E-state index contributed by atoms with van der Waals surface area (Å²) in [6, 6.07) is 16.9. The molecule has 174 valence electrons. The molecule has 0 saturated carbocycles. The number of methoxy groups -OCH3 is 1. The summed E-state index contributed by atoms with van der Waals surface area (Å²) in [5.74, 6) is 0.418. The van der Waals surface area contributed by atoms with Crippen molar-refractivity contribution in [2.75, 3.05) is 14.2 Å². The van der Waals surface area contributed by atoms with E-state index in [-0.39, 0.29) is 11.9 Å². The minimum Gasteiger partial charge on any atom is -0.497 e. The first-order valence-electron chi connectivity index (χ1n) is 10.5. The van der Waals surface area contributed by atoms with E-state index in [0.29, 0.717) is 24.3 Å². The number of amides is 1. The molecule has 0 aliphatic rings. The van der Waals surface area contributed by atoms with Gasteiger partial charge in [-0.2, -0.15) is 13.2 Å². The fourth-order valence-electron chi connectivity index (χ4n) is 3.55. The Kier molecular flexibility index (Phi) is 8.06. The Morgan fingerprint density at radius 1 is 1.06 bits per heavy atom. The van der Waals surface area contributed by atoms with Crippen LogP contribution in [0.1, 0.15) is 40.9 Å². The number of aromatic nitrogens is 1. The predicted molar refractivity (Wildman–Crippen MR) is 120 cm³/mol. The van der Waals surface area contributed by atoms with Crippen LogP contribution < -0.4 is 15.4 Å². The topological polar surface area (TPSA) is 63.2 Å². The lowest BCUT2D eigenvalue weighted by Crippen LogP contribution is -2.38. The lowest BCUT2D eigenvalue weighted by molar-refractivity contribution is -0.137. The fraction of sp³-hybridized carbons (Fsp3) is 0.280. The van der Waals surface area contributed by atoms with Gasteiger partial charge in [-0.3, -0.25) is 15.1 Å². The average Bonchev–Trinajstić information content (AvgIpc) is 2.84. The van der Waals surface area contributed by atoms with E-state index >= 15 is 0 Å². The van der Waals surface area contributed by atoms with Gasteiger partial charge in [-0.1, -0.05) is 42.5 Å². The Labute approximate surface area is 191 Å². The predicted octanol–water partition coefficient (Wildman–Crippen LogP) is 4.86. The number of rotatable bonds is 9. The summed E-state index contributed by atoms with van der Waals surface area (Å²) < 4.78 is 43.9. The van der Waals surface area contributed by atoms with E-state index in [0.717, 1.165) is 23.3 Å². The van der Waals surface area contributed by atoms with Crippen molar-refractivity contribution in [3.05, 3.63) is 95.3 Å². The largest absolute Gasteiger partial charge is 0.497 e. The number of carbonyl (C=O) groups is 1. The van der Waals surface area contributed by atoms with Crippen molar-refractivity contribution in [1.29, 1.82) is 0 Å². The third-order valence-corrected chi connectivity index (χ3v) is 5.36. The van der Waals surface area contributed by atoms with Crippen molar-refractivity contribution in [3.8, 4) is 5.75 Å². The normalized spacial score (nSPS) is 13.2. The average molecular weight is 457 g/mol. The highest BCUT2D eigenvalue weighted by atomic mass is 19.4. The number of hydrogen-bond donors (Lipinski definition) is 2. The van der Waals surface area contributed by atoms with Gasteiger partial charge in [-0.15, -0.1) is 0 Å². The zero-order chi connectivity index (χ0) is 23.8. The highest BCUT2D eigenvalue weighted by Gasteiger charge is 2.30. The summed E-state index contributed by atoms with van der Waals surface area (Å²) in [4.78, 5) is 17.1. The number of aryl methyl sites for hydroxylation is 1. The maximum atomic E-state index is 12.9. The van der Waals surface area contributed by atoms with E-state index in [1.54, 1.807) is 32.5 Å². The number of likely N-dealkylation sites (N-methyl/N-ethyl adjacent to an activating group) is 1. The Morgan fingerprint density at radius 2 is 1.76 bits per heavy atom. The van der Waals surface area contributed by atoms with Gasteiger partial charge in [-0.25, -0.2) is 0 Å². The van der Waals surface area contributed by atoms with Crippen molar-refractivity contribution < 1.29 is 22.7 Å². The number of alkyl halides is 3. The Hall–Kier alpha value is -3.39. The highest BCUT2D eigenvalue weighted by Crippen LogP contribution is 2.30. The standard InChI is InChI=1S/C25H26F3N3O2/c1-29-24(32)23(18-6-4-3-5-7-18)31-21(22-16-20(33-2)14-15-30-22)13-10-17-8-11-19(12-9-17)25(26,27)28/h3-9,11-12,14-16,21,23,31H,10,13H2,1-2H3,(H,29,32)/t21-,23+/m1/s1. The van der Waals surface area contributed by atoms with Gasteiger partial charge in [0.2, 0.25) is 5.91 Å². The smallest absolute Gasteiger partial charge is 0.416 e. The summed E-state index contributed by atoms with van der Waals surface area (Å²) in [5.41, 5.74) is 1.54. The lowest BCUT2D eigenvalue weighted by Gasteiger charge is -2.25. The number of pyridine rings is 1. The number of ether oxygens (including phenoxy) is 1. The second-order valence-electron chi connectivity index (χ2n) is 7.53. The van der Waals surface area contributed by atoms with Crippen molar-refractivity contribution in [2.24, 2.45) is 0 Å². The van der Waals surface area contributed by atoms with E-state index in [1.165, 1.54) is 12.1 Å². The second-order valence-corrected chi connectivity index (χ2v) is 7.53. The van der Waals surface area contributed by atoms with Crippen LogP contribution in [0.25, 0.3) is 0 Å². The monoisotopic (exact) mass is 457 g/mol. The van der Waals surface area contributed by atoms with Gasteiger partial charge in [-0.05, 0) is 42.2 Å². The number of hydrogen-bond acceptors (Lipinski definition) is 4. The van der Waals surface area contributed by atoms with Gasteiger partial charge in [0.25, 0.3) is 0 Å². The number of carbonyl (C=O) groups excluding carboxylic acids is 1. The Morgan fingerprint density at radius 3 is 2.36 bits per heavy atom. The minimum absolute atomic E-state index is 0.205. The molecule has 2 aromatic carbocycles. The third kappa shape index (κ3) is 6.55. The number of nitrogens with zero attached hydrogens (tertiary/aromatic N) is 1. The van der Waals surface area contributed by atoms with Gasteiger partial charge in [0, 0.05) is 19.3 Å². The first-order valence-corrected chi connectivity index (χ1v) is 10.5. The molecule has 3 aromatic rings. The molecule has 0 radical (unpaired) electrons. The fourth-order valence-corrected chi connectivity index (χ4v) is 3.55. The Balaban J connectivity index is 1.86. The number of halogens is 3. The lowest BCUT2D eigenvalue weighted by atomic mass is 9.98. The molecule has 0 saturated heterocycles. The van der Waals surface area contributed by atoms with E-state index in [4.69, 9.17) is 4.74 Å². The number of nitrogens with one attached hydrogen (secondary N) is 2. The molecule has 0 unspecified atom stereocenters. The van der Waals surface area contributed by atoms with E-state index in [9.17, 15) is 18.0 Å². The van der Waals surface area contributed by atoms with Crippen molar-refractivity contribution in [3.63, 3.8) is 0 Å². The highest BCUT2D eigenvalue weighted by molar-refractivity contribution is 5.83. The van der Waals surface area contributed by atoms with Crippen molar-refractivity contribution >= 4 is 5.91 Å². The quantitative estimate of drug-likeness (QED) is 0.482. The maximum Gasteiger partial charge on any atom is 0.416 e. The van der Waals surface area contributed by atoms with Crippen LogP contribution in [0.4, 0.5) is 13.2 Å². The summed E-state index contributed by atoms with van der Waals surface area (Å²) >= 11 is 0. The molecule has 2 N–H and O–H groups in total. The van der Waals surface area contributed by atoms with Crippen LogP contribution in [0.3, 0.4) is 0 Å². The van der Waals surface area contributed by atoms with Crippen LogP contribution >= 0.6 is 0 Å². The first kappa shape index (κ1) is 24.3. The number of benzene rings is 2. The van der Waals surface area contributed by atoms with Gasteiger partial charge in [0.05, 0.1) is 24.4 Å². The molecule has 0 aliphatic heterocycles. The first-order chi connectivity index (χ1) is 15.8. The van der Waals surface area contributed by atoms with Crippen molar-refractivity contribution in [1.82, 2.24) is 15.6 Å². The molecular weight excluding hydrogens is 431 g/mol. The van der Waals surface area contributed by atoms with Crippen LogP contribution in [0.5, 0.6) is 5.75 Å². The Bertz CT molecular complexity index is 1040. The van der Waals surface area contributed by atoms with Crippen LogP contribution in [0.15, 0.2) is 72.9 Å².